The Morgan fingerprint density at radius 3 is 2.86 bits per heavy atom. The lowest BCUT2D eigenvalue weighted by Crippen LogP contribution is -2.14. The molecule has 5 nitrogen and oxygen atoms in total. The predicted octanol–water partition coefficient (Wildman–Crippen LogP) is 2.53. The van der Waals surface area contributed by atoms with Crippen LogP contribution in [-0.4, -0.2) is 22.6 Å². The van der Waals surface area contributed by atoms with Crippen molar-refractivity contribution in [2.45, 2.75) is 20.5 Å². The molecule has 0 unspecified atom stereocenters. The number of hydrogen-bond donors (Lipinski definition) is 2. The molecule has 0 saturated heterocycles. The number of amides is 1. The molecule has 0 saturated carbocycles. The molecular formula is C16H18N2O3. The van der Waals surface area contributed by atoms with Gasteiger partial charge >= 0.3 is 0 Å². The number of rotatable bonds is 5. The second-order valence-corrected chi connectivity index (χ2v) is 4.50. The Balaban J connectivity index is 2.20. The average molecular weight is 286 g/mol. The van der Waals surface area contributed by atoms with Gasteiger partial charge in [0.15, 0.2) is 0 Å². The maximum Gasteiger partial charge on any atom is 0.257 e. The molecule has 0 aliphatic rings. The quantitative estimate of drug-likeness (QED) is 0.886. The van der Waals surface area contributed by atoms with Crippen molar-refractivity contribution >= 4 is 11.6 Å². The number of benzene rings is 1. The molecule has 0 aliphatic heterocycles. The van der Waals surface area contributed by atoms with E-state index in [-0.39, 0.29) is 12.5 Å². The molecule has 1 amide bonds. The molecule has 5 heteroatoms. The van der Waals surface area contributed by atoms with Gasteiger partial charge in [-0.15, -0.1) is 0 Å². The van der Waals surface area contributed by atoms with Crippen LogP contribution < -0.4 is 10.1 Å². The first-order valence-electron chi connectivity index (χ1n) is 6.75. The number of hydrogen-bond acceptors (Lipinski definition) is 4. The molecule has 1 aromatic heterocycles. The standard InChI is InChI=1S/C16H18N2O3/c1-3-21-15-7-6-13(9-12(15)10-19)18-16(20)14-5-4-8-17-11(14)2/h4-9,19H,3,10H2,1-2H3,(H,18,20). The van der Waals surface area contributed by atoms with Gasteiger partial charge in [-0.25, -0.2) is 0 Å². The number of aliphatic hydroxyl groups excluding tert-OH is 1. The summed E-state index contributed by atoms with van der Waals surface area (Å²) in [7, 11) is 0. The van der Waals surface area contributed by atoms with Crippen molar-refractivity contribution in [3.8, 4) is 5.75 Å². The fourth-order valence-corrected chi connectivity index (χ4v) is 2.00. The topological polar surface area (TPSA) is 71.5 Å². The number of ether oxygens (including phenoxy) is 1. The third kappa shape index (κ3) is 3.58. The number of nitrogens with zero attached hydrogens (tertiary/aromatic N) is 1. The number of carbonyl (C=O) groups excluding carboxylic acids is 1. The highest BCUT2D eigenvalue weighted by Crippen LogP contribution is 2.23. The predicted molar refractivity (Wildman–Crippen MR) is 80.5 cm³/mol. The van der Waals surface area contributed by atoms with Gasteiger partial charge in [-0.1, -0.05) is 0 Å². The van der Waals surface area contributed by atoms with Gasteiger partial charge < -0.3 is 15.2 Å². The number of pyridine rings is 1. The minimum atomic E-state index is -0.228. The highest BCUT2D eigenvalue weighted by atomic mass is 16.5. The summed E-state index contributed by atoms with van der Waals surface area (Å²) in [5, 5.41) is 12.2. The van der Waals surface area contributed by atoms with Crippen molar-refractivity contribution in [2.75, 3.05) is 11.9 Å². The van der Waals surface area contributed by atoms with Gasteiger partial charge in [0.05, 0.1) is 18.8 Å². The van der Waals surface area contributed by atoms with E-state index in [1.807, 2.05) is 6.92 Å². The van der Waals surface area contributed by atoms with Crippen LogP contribution >= 0.6 is 0 Å². The zero-order chi connectivity index (χ0) is 15.2. The minimum Gasteiger partial charge on any atom is -0.494 e. The molecule has 0 aliphatic carbocycles. The van der Waals surface area contributed by atoms with E-state index in [9.17, 15) is 9.90 Å². The summed E-state index contributed by atoms with van der Waals surface area (Å²) in [6.07, 6.45) is 1.65. The van der Waals surface area contributed by atoms with Gasteiger partial charge in [-0.2, -0.15) is 0 Å². The first-order chi connectivity index (χ1) is 10.2. The number of aryl methyl sites for hydroxylation is 1. The van der Waals surface area contributed by atoms with Crippen molar-refractivity contribution in [3.63, 3.8) is 0 Å². The van der Waals surface area contributed by atoms with Crippen LogP contribution in [0.2, 0.25) is 0 Å². The van der Waals surface area contributed by atoms with Crippen molar-refractivity contribution < 1.29 is 14.6 Å². The molecule has 2 rings (SSSR count). The molecule has 1 heterocycles. The van der Waals surface area contributed by atoms with Crippen molar-refractivity contribution in [1.82, 2.24) is 4.98 Å². The zero-order valence-electron chi connectivity index (χ0n) is 12.1. The van der Waals surface area contributed by atoms with E-state index >= 15 is 0 Å². The van der Waals surface area contributed by atoms with E-state index in [2.05, 4.69) is 10.3 Å². The molecule has 1 aromatic carbocycles. The van der Waals surface area contributed by atoms with Crippen molar-refractivity contribution in [2.24, 2.45) is 0 Å². The highest BCUT2D eigenvalue weighted by Gasteiger charge is 2.11. The second-order valence-electron chi connectivity index (χ2n) is 4.50. The van der Waals surface area contributed by atoms with Gasteiger partial charge in [0.1, 0.15) is 5.75 Å². The van der Waals surface area contributed by atoms with E-state index in [0.29, 0.717) is 34.9 Å². The maximum absolute atomic E-state index is 12.2. The van der Waals surface area contributed by atoms with Crippen LogP contribution in [0.4, 0.5) is 5.69 Å². The normalized spacial score (nSPS) is 10.2. The molecule has 0 spiro atoms. The maximum atomic E-state index is 12.2. The largest absolute Gasteiger partial charge is 0.494 e. The number of aliphatic hydroxyl groups is 1. The fraction of sp³-hybridized carbons (Fsp3) is 0.250. The Morgan fingerprint density at radius 1 is 1.38 bits per heavy atom. The Bertz CT molecular complexity index is 641. The number of anilines is 1. The third-order valence-electron chi connectivity index (χ3n) is 3.04. The number of aromatic nitrogens is 1. The highest BCUT2D eigenvalue weighted by molar-refractivity contribution is 6.05. The average Bonchev–Trinajstić information content (AvgIpc) is 2.49. The van der Waals surface area contributed by atoms with Gasteiger partial charge in [-0.05, 0) is 44.2 Å². The van der Waals surface area contributed by atoms with Gasteiger partial charge in [0.25, 0.3) is 5.91 Å². The lowest BCUT2D eigenvalue weighted by Gasteiger charge is -2.12. The van der Waals surface area contributed by atoms with E-state index in [0.717, 1.165) is 0 Å². The molecule has 0 radical (unpaired) electrons. The van der Waals surface area contributed by atoms with E-state index < -0.39 is 0 Å². The van der Waals surface area contributed by atoms with Gasteiger partial charge in [0.2, 0.25) is 0 Å². The molecular weight excluding hydrogens is 268 g/mol. The summed E-state index contributed by atoms with van der Waals surface area (Å²) in [5.41, 5.74) is 2.44. The summed E-state index contributed by atoms with van der Waals surface area (Å²) in [6, 6.07) is 8.63. The van der Waals surface area contributed by atoms with E-state index in [1.54, 1.807) is 43.5 Å². The smallest absolute Gasteiger partial charge is 0.257 e. The monoisotopic (exact) mass is 286 g/mol. The van der Waals surface area contributed by atoms with Crippen LogP contribution in [0.25, 0.3) is 0 Å². The van der Waals surface area contributed by atoms with E-state index in [1.165, 1.54) is 0 Å². The van der Waals surface area contributed by atoms with Crippen molar-refractivity contribution in [1.29, 1.82) is 0 Å². The summed E-state index contributed by atoms with van der Waals surface area (Å²) < 4.78 is 5.41. The van der Waals surface area contributed by atoms with Crippen LogP contribution in [0.1, 0.15) is 28.5 Å². The van der Waals surface area contributed by atoms with E-state index in [4.69, 9.17) is 4.74 Å². The molecule has 21 heavy (non-hydrogen) atoms. The Morgan fingerprint density at radius 2 is 2.19 bits per heavy atom. The minimum absolute atomic E-state index is 0.148. The second kappa shape index (κ2) is 6.85. The number of carbonyl (C=O) groups is 1. The molecule has 2 aromatic rings. The molecule has 0 fully saturated rings. The van der Waals surface area contributed by atoms with Crippen LogP contribution in [0.3, 0.4) is 0 Å². The van der Waals surface area contributed by atoms with Crippen LogP contribution in [0, 0.1) is 6.92 Å². The SMILES string of the molecule is CCOc1ccc(NC(=O)c2cccnc2C)cc1CO. The molecule has 0 bridgehead atoms. The molecule has 0 atom stereocenters. The first-order valence-corrected chi connectivity index (χ1v) is 6.75. The first kappa shape index (κ1) is 15.0. The Labute approximate surface area is 123 Å². The third-order valence-corrected chi connectivity index (χ3v) is 3.04. The lowest BCUT2D eigenvalue weighted by atomic mass is 10.1. The summed E-state index contributed by atoms with van der Waals surface area (Å²) in [4.78, 5) is 16.3. The Kier molecular flexibility index (Phi) is 4.90. The Hall–Kier alpha value is -2.40. The van der Waals surface area contributed by atoms with Crippen molar-refractivity contribution in [3.05, 3.63) is 53.3 Å². The van der Waals surface area contributed by atoms with Gasteiger partial charge in [0, 0.05) is 23.1 Å². The number of nitrogens with one attached hydrogen (secondary N) is 1. The summed E-state index contributed by atoms with van der Waals surface area (Å²) in [5.74, 6) is 0.393. The molecule has 110 valence electrons. The molecule has 2 N–H and O–H groups in total. The van der Waals surface area contributed by atoms with Crippen LogP contribution in [0.15, 0.2) is 36.5 Å². The van der Waals surface area contributed by atoms with Crippen LogP contribution in [0.5, 0.6) is 5.75 Å². The van der Waals surface area contributed by atoms with Crippen LogP contribution in [-0.2, 0) is 6.61 Å². The fourth-order valence-electron chi connectivity index (χ4n) is 2.00. The summed E-state index contributed by atoms with van der Waals surface area (Å²) in [6.45, 7) is 4.03. The summed E-state index contributed by atoms with van der Waals surface area (Å²) >= 11 is 0. The lowest BCUT2D eigenvalue weighted by molar-refractivity contribution is 0.102. The zero-order valence-corrected chi connectivity index (χ0v) is 12.1. The van der Waals surface area contributed by atoms with Gasteiger partial charge in [-0.3, -0.25) is 9.78 Å².